The van der Waals surface area contributed by atoms with Crippen LogP contribution in [0.4, 0.5) is 5.69 Å². The second-order valence-corrected chi connectivity index (χ2v) is 7.89. The molecule has 2 aliphatic rings. The lowest BCUT2D eigenvalue weighted by Gasteiger charge is -2.35. The highest BCUT2D eigenvalue weighted by Gasteiger charge is 2.49. The number of piperazine rings is 1. The van der Waals surface area contributed by atoms with E-state index < -0.39 is 0 Å². The number of carbonyl (C=O) groups excluding carboxylic acids is 2. The molecule has 5 nitrogen and oxygen atoms in total. The Hall–Kier alpha value is -2.66. The maximum Gasteiger partial charge on any atom is 0.228 e. The fourth-order valence-electron chi connectivity index (χ4n) is 3.92. The zero-order valence-corrected chi connectivity index (χ0v) is 16.3. The lowest BCUT2D eigenvalue weighted by Crippen LogP contribution is -2.49. The quantitative estimate of drug-likeness (QED) is 0.872. The van der Waals surface area contributed by atoms with Crippen molar-refractivity contribution in [3.8, 4) is 0 Å². The van der Waals surface area contributed by atoms with Crippen molar-refractivity contribution in [1.29, 1.82) is 0 Å². The molecule has 0 bridgehead atoms. The van der Waals surface area contributed by atoms with E-state index in [1.54, 1.807) is 0 Å². The molecule has 1 N–H and O–H groups in total. The summed E-state index contributed by atoms with van der Waals surface area (Å²) in [5.41, 5.74) is 3.21. The van der Waals surface area contributed by atoms with Gasteiger partial charge in [0.05, 0.1) is 11.8 Å². The predicted octanol–water partition coefficient (Wildman–Crippen LogP) is 2.91. The molecule has 1 saturated carbocycles. The molecular formula is C23H27N3O2. The first-order valence-electron chi connectivity index (χ1n) is 10.0. The first kappa shape index (κ1) is 18.7. The van der Waals surface area contributed by atoms with Crippen molar-refractivity contribution in [2.75, 3.05) is 31.5 Å². The van der Waals surface area contributed by atoms with Crippen LogP contribution in [0.3, 0.4) is 0 Å². The number of carbonyl (C=O) groups is 2. The molecule has 2 fully saturated rings. The molecular weight excluding hydrogens is 350 g/mol. The Labute approximate surface area is 166 Å². The normalized spacial score (nSPS) is 22.0. The molecule has 5 heteroatoms. The fraction of sp³-hybridized carbons (Fsp3) is 0.391. The average Bonchev–Trinajstić information content (AvgIpc) is 3.50. The van der Waals surface area contributed by atoms with E-state index in [9.17, 15) is 9.59 Å². The topological polar surface area (TPSA) is 52.7 Å². The van der Waals surface area contributed by atoms with Crippen LogP contribution in [0.25, 0.3) is 0 Å². The van der Waals surface area contributed by atoms with Gasteiger partial charge in [-0.2, -0.15) is 0 Å². The molecule has 2 aromatic carbocycles. The van der Waals surface area contributed by atoms with Gasteiger partial charge in [-0.3, -0.25) is 14.5 Å². The van der Waals surface area contributed by atoms with Gasteiger partial charge in [0.25, 0.3) is 0 Å². The third-order valence-electron chi connectivity index (χ3n) is 5.66. The minimum Gasteiger partial charge on any atom is -0.340 e. The Bertz CT molecular complexity index is 844. The Morgan fingerprint density at radius 3 is 2.43 bits per heavy atom. The van der Waals surface area contributed by atoms with E-state index in [4.69, 9.17) is 0 Å². The summed E-state index contributed by atoms with van der Waals surface area (Å²) in [4.78, 5) is 29.5. The minimum atomic E-state index is -0.185. The van der Waals surface area contributed by atoms with Crippen LogP contribution in [0.15, 0.2) is 54.6 Å². The largest absolute Gasteiger partial charge is 0.340 e. The number of nitrogens with zero attached hydrogens (tertiary/aromatic N) is 2. The summed E-state index contributed by atoms with van der Waals surface area (Å²) in [6, 6.07) is 18.2. The lowest BCUT2D eigenvalue weighted by molar-refractivity contribution is -0.135. The molecule has 0 spiro atoms. The van der Waals surface area contributed by atoms with Gasteiger partial charge in [0.15, 0.2) is 0 Å². The van der Waals surface area contributed by atoms with E-state index in [1.807, 2.05) is 42.2 Å². The van der Waals surface area contributed by atoms with Crippen LogP contribution in [-0.2, 0) is 16.1 Å². The molecule has 1 aliphatic carbocycles. The average molecular weight is 377 g/mol. The number of rotatable bonds is 5. The van der Waals surface area contributed by atoms with Gasteiger partial charge in [0.1, 0.15) is 0 Å². The summed E-state index contributed by atoms with van der Waals surface area (Å²) >= 11 is 0. The molecule has 0 aromatic heterocycles. The van der Waals surface area contributed by atoms with Crippen molar-refractivity contribution in [3.63, 3.8) is 0 Å². The van der Waals surface area contributed by atoms with Crippen LogP contribution in [0.1, 0.15) is 17.5 Å². The highest BCUT2D eigenvalue weighted by atomic mass is 16.2. The summed E-state index contributed by atoms with van der Waals surface area (Å²) < 4.78 is 0. The van der Waals surface area contributed by atoms with Crippen LogP contribution < -0.4 is 5.32 Å². The zero-order valence-electron chi connectivity index (χ0n) is 16.3. The van der Waals surface area contributed by atoms with Crippen molar-refractivity contribution < 1.29 is 9.59 Å². The third kappa shape index (κ3) is 4.42. The van der Waals surface area contributed by atoms with Crippen molar-refractivity contribution in [2.24, 2.45) is 11.8 Å². The van der Waals surface area contributed by atoms with Crippen molar-refractivity contribution >= 4 is 17.5 Å². The Morgan fingerprint density at radius 2 is 1.71 bits per heavy atom. The van der Waals surface area contributed by atoms with Crippen molar-refractivity contribution in [3.05, 3.63) is 65.7 Å². The third-order valence-corrected chi connectivity index (χ3v) is 5.66. The number of nitrogens with one attached hydrogen (secondary N) is 1. The van der Waals surface area contributed by atoms with E-state index in [0.29, 0.717) is 6.42 Å². The first-order valence-corrected chi connectivity index (χ1v) is 10.0. The van der Waals surface area contributed by atoms with Crippen molar-refractivity contribution in [2.45, 2.75) is 19.9 Å². The second-order valence-electron chi connectivity index (χ2n) is 7.89. The molecule has 2 amide bonds. The van der Waals surface area contributed by atoms with Crippen LogP contribution in [0.5, 0.6) is 0 Å². The van der Waals surface area contributed by atoms with E-state index in [0.717, 1.165) is 44.0 Å². The van der Waals surface area contributed by atoms with Gasteiger partial charge in [-0.05, 0) is 36.6 Å². The first-order chi connectivity index (χ1) is 13.6. The van der Waals surface area contributed by atoms with E-state index in [1.165, 1.54) is 5.56 Å². The summed E-state index contributed by atoms with van der Waals surface area (Å²) in [5.74, 6) is -0.226. The van der Waals surface area contributed by atoms with E-state index in [2.05, 4.69) is 34.5 Å². The molecule has 2 aromatic rings. The highest BCUT2D eigenvalue weighted by molar-refractivity contribution is 5.99. The molecule has 1 heterocycles. The van der Waals surface area contributed by atoms with Gasteiger partial charge < -0.3 is 10.2 Å². The monoisotopic (exact) mass is 377 g/mol. The molecule has 146 valence electrons. The van der Waals surface area contributed by atoms with Gasteiger partial charge in [-0.1, -0.05) is 42.5 Å². The van der Waals surface area contributed by atoms with Crippen LogP contribution in [0, 0.1) is 18.8 Å². The maximum atomic E-state index is 12.8. The second kappa shape index (κ2) is 8.15. The number of hydrogen-bond acceptors (Lipinski definition) is 3. The Balaban J connectivity index is 1.24. The maximum absolute atomic E-state index is 12.8. The molecule has 4 rings (SSSR count). The zero-order chi connectivity index (χ0) is 19.5. The smallest absolute Gasteiger partial charge is 0.228 e. The summed E-state index contributed by atoms with van der Waals surface area (Å²) in [7, 11) is 0. The van der Waals surface area contributed by atoms with E-state index >= 15 is 0 Å². The predicted molar refractivity (Wildman–Crippen MR) is 110 cm³/mol. The Morgan fingerprint density at radius 1 is 0.964 bits per heavy atom. The number of benzene rings is 2. The van der Waals surface area contributed by atoms with Gasteiger partial charge >= 0.3 is 0 Å². The van der Waals surface area contributed by atoms with Crippen LogP contribution in [-0.4, -0.2) is 47.8 Å². The lowest BCUT2D eigenvalue weighted by atomic mass is 10.2. The number of aryl methyl sites for hydroxylation is 1. The highest BCUT2D eigenvalue weighted by Crippen LogP contribution is 2.41. The van der Waals surface area contributed by atoms with E-state index in [-0.39, 0.29) is 23.7 Å². The van der Waals surface area contributed by atoms with Gasteiger partial charge in [-0.15, -0.1) is 0 Å². The number of anilines is 1. The summed E-state index contributed by atoms with van der Waals surface area (Å²) in [6.45, 7) is 6.17. The fourth-order valence-corrected chi connectivity index (χ4v) is 3.92. The van der Waals surface area contributed by atoms with Crippen LogP contribution >= 0.6 is 0 Å². The molecule has 0 radical (unpaired) electrons. The van der Waals surface area contributed by atoms with Gasteiger partial charge in [0, 0.05) is 38.4 Å². The molecule has 1 aliphatic heterocycles. The van der Waals surface area contributed by atoms with Crippen LogP contribution in [0.2, 0.25) is 0 Å². The molecule has 1 saturated heterocycles. The van der Waals surface area contributed by atoms with Gasteiger partial charge in [-0.25, -0.2) is 0 Å². The molecule has 2 atom stereocenters. The summed E-state index contributed by atoms with van der Waals surface area (Å²) in [5, 5.41) is 2.95. The van der Waals surface area contributed by atoms with Crippen molar-refractivity contribution in [1.82, 2.24) is 9.80 Å². The number of hydrogen-bond donors (Lipinski definition) is 1. The number of amides is 2. The standard InChI is InChI=1S/C23H27N3O2/c1-17-6-5-9-19(14-17)24-22(27)20-15-21(20)23(28)26-12-10-25(11-13-26)16-18-7-3-2-4-8-18/h2-9,14,20-21H,10-13,15-16H2,1H3,(H,24,27). The summed E-state index contributed by atoms with van der Waals surface area (Å²) in [6.07, 6.45) is 0.667. The Kier molecular flexibility index (Phi) is 5.44. The minimum absolute atomic E-state index is 0.0355. The SMILES string of the molecule is Cc1cccc(NC(=O)C2CC2C(=O)N2CCN(Cc3ccccc3)CC2)c1. The van der Waals surface area contributed by atoms with Gasteiger partial charge in [0.2, 0.25) is 11.8 Å². The molecule has 28 heavy (non-hydrogen) atoms. The molecule has 2 unspecified atom stereocenters.